The average molecular weight is 237 g/mol. The van der Waals surface area contributed by atoms with Gasteiger partial charge in [-0.3, -0.25) is 0 Å². The number of carbonyl (C=O) groups is 1. The number of rotatable bonds is 5. The highest BCUT2D eigenvalue weighted by Gasteiger charge is 2.08. The Morgan fingerprint density at radius 1 is 1.65 bits per heavy atom. The maximum absolute atomic E-state index is 10.6. The van der Waals surface area contributed by atoms with Crippen LogP contribution in [0.5, 0.6) is 0 Å². The second-order valence-corrected chi connectivity index (χ2v) is 3.45. The van der Waals surface area contributed by atoms with Gasteiger partial charge in [-0.15, -0.1) is 0 Å². The summed E-state index contributed by atoms with van der Waals surface area (Å²) in [4.78, 5) is 14.4. The summed E-state index contributed by atoms with van der Waals surface area (Å²) in [6.07, 6.45) is 2.88. The van der Waals surface area contributed by atoms with Crippen molar-refractivity contribution in [3.8, 4) is 0 Å². The maximum Gasteiger partial charge on any atom is 0.356 e. The molecule has 1 N–H and O–H groups in total. The molecule has 2 rings (SSSR count). The summed E-state index contributed by atoms with van der Waals surface area (Å²) in [5.41, 5.74) is 0.692. The lowest BCUT2D eigenvalue weighted by atomic mass is 10.3. The number of aromatic carboxylic acids is 1. The number of carboxylic acid groups (broad SMARTS) is 1. The van der Waals surface area contributed by atoms with Crippen molar-refractivity contribution in [1.82, 2.24) is 14.7 Å². The van der Waals surface area contributed by atoms with E-state index < -0.39 is 5.97 Å². The van der Waals surface area contributed by atoms with Crippen molar-refractivity contribution in [2.75, 3.05) is 7.11 Å². The Bertz CT molecular complexity index is 517. The lowest BCUT2D eigenvalue weighted by molar-refractivity contribution is 0.0691. The van der Waals surface area contributed by atoms with Gasteiger partial charge in [0.25, 0.3) is 0 Å². The summed E-state index contributed by atoms with van der Waals surface area (Å²) in [7, 11) is 1.57. The highest BCUT2D eigenvalue weighted by molar-refractivity contribution is 5.84. The number of hydrogen-bond donors (Lipinski definition) is 1. The number of imidazole rings is 1. The molecule has 2 aromatic heterocycles. The van der Waals surface area contributed by atoms with Crippen LogP contribution < -0.4 is 0 Å². The predicted molar refractivity (Wildman–Crippen MR) is 55.5 cm³/mol. The zero-order valence-corrected chi connectivity index (χ0v) is 9.16. The topological polar surface area (TPSA) is 90.4 Å². The molecule has 0 atom stereocenters. The van der Waals surface area contributed by atoms with Crippen molar-refractivity contribution in [3.63, 3.8) is 0 Å². The molecule has 0 radical (unpaired) electrons. The van der Waals surface area contributed by atoms with Gasteiger partial charge in [0, 0.05) is 19.4 Å². The average Bonchev–Trinajstić information content (AvgIpc) is 2.89. The first-order valence-corrected chi connectivity index (χ1v) is 4.87. The number of methoxy groups -OCH3 is 1. The van der Waals surface area contributed by atoms with E-state index in [2.05, 4.69) is 10.1 Å². The summed E-state index contributed by atoms with van der Waals surface area (Å²) in [6, 6.07) is 1.75. The molecule has 0 aliphatic heterocycles. The number of carboxylic acids is 1. The molecule has 0 saturated heterocycles. The number of hydrogen-bond acceptors (Lipinski definition) is 5. The molecule has 7 nitrogen and oxygen atoms in total. The molecule has 0 bridgehead atoms. The summed E-state index contributed by atoms with van der Waals surface area (Å²) < 4.78 is 11.5. The van der Waals surface area contributed by atoms with E-state index in [9.17, 15) is 4.79 Å². The molecule has 17 heavy (non-hydrogen) atoms. The Balaban J connectivity index is 2.05. The Morgan fingerprint density at radius 2 is 2.47 bits per heavy atom. The van der Waals surface area contributed by atoms with Crippen molar-refractivity contribution < 1.29 is 19.2 Å². The standard InChI is InChI=1S/C10H11N3O4/c1-16-5-8-2-7(12-17-8)3-13-4-9(10(14)15)11-6-13/h2,4,6H,3,5H2,1H3,(H,14,15). The molecule has 0 saturated carbocycles. The molecule has 0 unspecified atom stereocenters. The van der Waals surface area contributed by atoms with Crippen LogP contribution in [0.1, 0.15) is 21.9 Å². The third-order valence-corrected chi connectivity index (χ3v) is 2.09. The summed E-state index contributed by atoms with van der Waals surface area (Å²) in [5.74, 6) is -0.426. The Kier molecular flexibility index (Phi) is 3.20. The molecule has 90 valence electrons. The zero-order chi connectivity index (χ0) is 12.3. The van der Waals surface area contributed by atoms with E-state index in [0.717, 1.165) is 0 Å². The molecule has 2 aromatic rings. The fraction of sp³-hybridized carbons (Fsp3) is 0.300. The van der Waals surface area contributed by atoms with E-state index in [1.165, 1.54) is 12.5 Å². The first-order chi connectivity index (χ1) is 8.19. The van der Waals surface area contributed by atoms with E-state index in [-0.39, 0.29) is 5.69 Å². The van der Waals surface area contributed by atoms with Crippen molar-refractivity contribution >= 4 is 5.97 Å². The van der Waals surface area contributed by atoms with Crippen molar-refractivity contribution in [2.45, 2.75) is 13.2 Å². The summed E-state index contributed by atoms with van der Waals surface area (Å²) >= 11 is 0. The van der Waals surface area contributed by atoms with Crippen LogP contribution in [0.15, 0.2) is 23.1 Å². The van der Waals surface area contributed by atoms with Gasteiger partial charge in [-0.1, -0.05) is 5.16 Å². The van der Waals surface area contributed by atoms with Crippen LogP contribution >= 0.6 is 0 Å². The highest BCUT2D eigenvalue weighted by Crippen LogP contribution is 2.07. The minimum Gasteiger partial charge on any atom is -0.476 e. The minimum absolute atomic E-state index is 0.00519. The van der Waals surface area contributed by atoms with Gasteiger partial charge in [0.15, 0.2) is 11.5 Å². The van der Waals surface area contributed by atoms with E-state index in [4.69, 9.17) is 14.4 Å². The van der Waals surface area contributed by atoms with Crippen molar-refractivity contribution in [2.24, 2.45) is 0 Å². The van der Waals surface area contributed by atoms with Gasteiger partial charge in [-0.05, 0) is 0 Å². The molecule has 0 aromatic carbocycles. The molecule has 0 aliphatic carbocycles. The molecule has 0 aliphatic rings. The quantitative estimate of drug-likeness (QED) is 0.825. The van der Waals surface area contributed by atoms with Crippen LogP contribution in [0.25, 0.3) is 0 Å². The first-order valence-electron chi connectivity index (χ1n) is 4.87. The van der Waals surface area contributed by atoms with Gasteiger partial charge in [0.2, 0.25) is 0 Å². The maximum atomic E-state index is 10.6. The third-order valence-electron chi connectivity index (χ3n) is 2.09. The molecule has 0 fully saturated rings. The Morgan fingerprint density at radius 3 is 3.12 bits per heavy atom. The van der Waals surface area contributed by atoms with Crippen LogP contribution in [-0.4, -0.2) is 32.9 Å². The monoisotopic (exact) mass is 237 g/mol. The zero-order valence-electron chi connectivity index (χ0n) is 9.16. The number of nitrogens with zero attached hydrogens (tertiary/aromatic N) is 3. The summed E-state index contributed by atoms with van der Waals surface area (Å²) in [5, 5.41) is 12.5. The van der Waals surface area contributed by atoms with Gasteiger partial charge >= 0.3 is 5.97 Å². The van der Waals surface area contributed by atoms with Gasteiger partial charge < -0.3 is 18.9 Å². The predicted octanol–water partition coefficient (Wildman–Crippen LogP) is 0.764. The lowest BCUT2D eigenvalue weighted by Crippen LogP contribution is -1.98. The van der Waals surface area contributed by atoms with Crippen LogP contribution in [0.3, 0.4) is 0 Å². The second-order valence-electron chi connectivity index (χ2n) is 3.45. The number of aromatic nitrogens is 3. The smallest absolute Gasteiger partial charge is 0.356 e. The van der Waals surface area contributed by atoms with Crippen molar-refractivity contribution in [3.05, 3.63) is 35.7 Å². The lowest BCUT2D eigenvalue weighted by Gasteiger charge is -1.95. The minimum atomic E-state index is -1.05. The van der Waals surface area contributed by atoms with Gasteiger partial charge in [0.1, 0.15) is 12.3 Å². The van der Waals surface area contributed by atoms with E-state index in [1.807, 2.05) is 0 Å². The first kappa shape index (κ1) is 11.3. The third kappa shape index (κ3) is 2.70. The largest absolute Gasteiger partial charge is 0.476 e. The number of ether oxygens (including phenoxy) is 1. The van der Waals surface area contributed by atoms with Crippen molar-refractivity contribution in [1.29, 1.82) is 0 Å². The highest BCUT2D eigenvalue weighted by atomic mass is 16.5. The summed E-state index contributed by atoms with van der Waals surface area (Å²) in [6.45, 7) is 0.769. The van der Waals surface area contributed by atoms with Crippen LogP contribution in [-0.2, 0) is 17.9 Å². The van der Waals surface area contributed by atoms with Crippen LogP contribution in [0.2, 0.25) is 0 Å². The Hall–Kier alpha value is -2.15. The molecule has 0 spiro atoms. The van der Waals surface area contributed by atoms with Gasteiger partial charge in [-0.2, -0.15) is 0 Å². The fourth-order valence-corrected chi connectivity index (χ4v) is 1.38. The van der Waals surface area contributed by atoms with Crippen LogP contribution in [0.4, 0.5) is 0 Å². The van der Waals surface area contributed by atoms with Crippen LogP contribution in [0, 0.1) is 0 Å². The molecule has 0 amide bonds. The molecular weight excluding hydrogens is 226 g/mol. The Labute approximate surface area is 96.6 Å². The van der Waals surface area contributed by atoms with Gasteiger partial charge in [-0.25, -0.2) is 9.78 Å². The van der Waals surface area contributed by atoms with E-state index >= 15 is 0 Å². The molecular formula is C10H11N3O4. The molecule has 7 heteroatoms. The SMILES string of the molecule is COCc1cc(Cn2cnc(C(=O)O)c2)no1. The van der Waals surface area contributed by atoms with E-state index in [1.54, 1.807) is 17.7 Å². The normalized spacial score (nSPS) is 10.6. The second kappa shape index (κ2) is 4.79. The molecule has 2 heterocycles. The fourth-order valence-electron chi connectivity index (χ4n) is 1.38. The van der Waals surface area contributed by atoms with E-state index in [0.29, 0.717) is 24.6 Å². The van der Waals surface area contributed by atoms with Gasteiger partial charge in [0.05, 0.1) is 12.9 Å².